The highest BCUT2D eigenvalue weighted by molar-refractivity contribution is 7.99. The van der Waals surface area contributed by atoms with Crippen LogP contribution in [0.5, 0.6) is 11.5 Å². The molecule has 0 aliphatic heterocycles. The molecule has 0 aliphatic rings. The van der Waals surface area contributed by atoms with E-state index < -0.39 is 0 Å². The van der Waals surface area contributed by atoms with Crippen LogP contribution in [0.1, 0.15) is 6.92 Å². The van der Waals surface area contributed by atoms with Crippen molar-refractivity contribution in [2.24, 2.45) is 5.92 Å². The van der Waals surface area contributed by atoms with Crippen LogP contribution in [0.4, 0.5) is 0 Å². The molecule has 0 saturated carbocycles. The molecule has 16 heavy (non-hydrogen) atoms. The lowest BCUT2D eigenvalue weighted by Crippen LogP contribution is -2.03. The first-order valence-electron chi connectivity index (χ1n) is 5.17. The molecule has 3 nitrogen and oxygen atoms in total. The van der Waals surface area contributed by atoms with Crippen molar-refractivity contribution < 1.29 is 14.6 Å². The summed E-state index contributed by atoms with van der Waals surface area (Å²) in [5.74, 6) is 2.64. The van der Waals surface area contributed by atoms with Gasteiger partial charge in [-0.2, -0.15) is 0 Å². The predicted molar refractivity (Wildman–Crippen MR) is 66.5 cm³/mol. The lowest BCUT2D eigenvalue weighted by molar-refractivity contribution is 0.250. The Kier molecular flexibility index (Phi) is 5.49. The van der Waals surface area contributed by atoms with Crippen molar-refractivity contribution >= 4 is 11.8 Å². The van der Waals surface area contributed by atoms with Crippen LogP contribution in [0, 0.1) is 5.92 Å². The SMILES string of the molecule is COc1cccc(SCC(C)CO)c1OC. The Hall–Kier alpha value is -0.870. The summed E-state index contributed by atoms with van der Waals surface area (Å²) in [5, 5.41) is 8.97. The summed E-state index contributed by atoms with van der Waals surface area (Å²) in [4.78, 5) is 1.04. The number of aliphatic hydroxyl groups excluding tert-OH is 1. The van der Waals surface area contributed by atoms with Gasteiger partial charge >= 0.3 is 0 Å². The molecule has 0 aliphatic carbocycles. The average Bonchev–Trinajstić information content (AvgIpc) is 2.34. The quantitative estimate of drug-likeness (QED) is 0.778. The number of benzene rings is 1. The molecule has 0 heterocycles. The monoisotopic (exact) mass is 242 g/mol. The van der Waals surface area contributed by atoms with E-state index in [2.05, 4.69) is 0 Å². The predicted octanol–water partition coefficient (Wildman–Crippen LogP) is 2.42. The molecule has 0 aromatic heterocycles. The summed E-state index contributed by atoms with van der Waals surface area (Å²) in [6.45, 7) is 2.22. The molecule has 1 unspecified atom stereocenters. The second-order valence-corrected chi connectivity index (χ2v) is 4.65. The Balaban J connectivity index is 2.78. The summed E-state index contributed by atoms with van der Waals surface area (Å²) in [6, 6.07) is 5.81. The Morgan fingerprint density at radius 2 is 2.06 bits per heavy atom. The molecule has 0 saturated heterocycles. The fourth-order valence-electron chi connectivity index (χ4n) is 1.26. The normalized spacial score (nSPS) is 12.2. The first-order chi connectivity index (χ1) is 7.72. The smallest absolute Gasteiger partial charge is 0.174 e. The van der Waals surface area contributed by atoms with Crippen molar-refractivity contribution in [3.63, 3.8) is 0 Å². The summed E-state index contributed by atoms with van der Waals surface area (Å²) in [7, 11) is 3.26. The lowest BCUT2D eigenvalue weighted by Gasteiger charge is -2.13. The summed E-state index contributed by atoms with van der Waals surface area (Å²) in [5.41, 5.74) is 0. The second-order valence-electron chi connectivity index (χ2n) is 3.59. The van der Waals surface area contributed by atoms with Gasteiger partial charge in [-0.05, 0) is 18.1 Å². The standard InChI is InChI=1S/C12H18O3S/c1-9(7-13)8-16-11-6-4-5-10(14-2)12(11)15-3/h4-6,9,13H,7-8H2,1-3H3. The van der Waals surface area contributed by atoms with Gasteiger partial charge in [0, 0.05) is 12.4 Å². The molecular formula is C12H18O3S. The third kappa shape index (κ3) is 3.32. The Morgan fingerprint density at radius 1 is 1.31 bits per heavy atom. The van der Waals surface area contributed by atoms with E-state index in [1.807, 2.05) is 25.1 Å². The van der Waals surface area contributed by atoms with E-state index in [4.69, 9.17) is 14.6 Å². The van der Waals surface area contributed by atoms with Gasteiger partial charge in [0.15, 0.2) is 11.5 Å². The van der Waals surface area contributed by atoms with Gasteiger partial charge in [-0.1, -0.05) is 13.0 Å². The Morgan fingerprint density at radius 3 is 2.62 bits per heavy atom. The number of hydrogen-bond donors (Lipinski definition) is 1. The fraction of sp³-hybridized carbons (Fsp3) is 0.500. The molecule has 4 heteroatoms. The van der Waals surface area contributed by atoms with Crippen molar-refractivity contribution in [2.75, 3.05) is 26.6 Å². The number of thioether (sulfide) groups is 1. The van der Waals surface area contributed by atoms with Gasteiger partial charge in [-0.25, -0.2) is 0 Å². The van der Waals surface area contributed by atoms with Crippen LogP contribution < -0.4 is 9.47 Å². The van der Waals surface area contributed by atoms with Crippen LogP contribution in [-0.4, -0.2) is 31.7 Å². The Bertz CT molecular complexity index is 328. The molecule has 1 aromatic carbocycles. The molecule has 1 aromatic rings. The topological polar surface area (TPSA) is 38.7 Å². The fourth-order valence-corrected chi connectivity index (χ4v) is 2.32. The van der Waals surface area contributed by atoms with Crippen LogP contribution in [0.15, 0.2) is 23.1 Å². The average molecular weight is 242 g/mol. The molecule has 0 spiro atoms. The van der Waals surface area contributed by atoms with Crippen LogP contribution in [0.25, 0.3) is 0 Å². The molecule has 1 N–H and O–H groups in total. The second kappa shape index (κ2) is 6.66. The molecule has 1 rings (SSSR count). The van der Waals surface area contributed by atoms with E-state index in [9.17, 15) is 0 Å². The third-order valence-electron chi connectivity index (χ3n) is 2.20. The number of aliphatic hydroxyl groups is 1. The lowest BCUT2D eigenvalue weighted by atomic mass is 10.2. The Labute approximate surface area is 101 Å². The molecular weight excluding hydrogens is 224 g/mol. The van der Waals surface area contributed by atoms with E-state index in [0.717, 1.165) is 22.1 Å². The van der Waals surface area contributed by atoms with Crippen molar-refractivity contribution in [1.29, 1.82) is 0 Å². The molecule has 90 valence electrons. The van der Waals surface area contributed by atoms with Gasteiger partial charge in [0.25, 0.3) is 0 Å². The third-order valence-corrected chi connectivity index (χ3v) is 3.57. The van der Waals surface area contributed by atoms with Crippen LogP contribution in [-0.2, 0) is 0 Å². The van der Waals surface area contributed by atoms with Crippen molar-refractivity contribution in [3.05, 3.63) is 18.2 Å². The summed E-state index contributed by atoms with van der Waals surface area (Å²) >= 11 is 1.67. The summed E-state index contributed by atoms with van der Waals surface area (Å²) in [6.07, 6.45) is 0. The molecule has 0 bridgehead atoms. The highest BCUT2D eigenvalue weighted by Gasteiger charge is 2.10. The number of hydrogen-bond acceptors (Lipinski definition) is 4. The molecule has 0 fully saturated rings. The van der Waals surface area contributed by atoms with Gasteiger partial charge in [-0.3, -0.25) is 0 Å². The first-order valence-corrected chi connectivity index (χ1v) is 6.16. The van der Waals surface area contributed by atoms with E-state index >= 15 is 0 Å². The van der Waals surface area contributed by atoms with Gasteiger partial charge < -0.3 is 14.6 Å². The highest BCUT2D eigenvalue weighted by Crippen LogP contribution is 2.37. The van der Waals surface area contributed by atoms with Crippen molar-refractivity contribution in [1.82, 2.24) is 0 Å². The summed E-state index contributed by atoms with van der Waals surface area (Å²) < 4.78 is 10.5. The van der Waals surface area contributed by atoms with Gasteiger partial charge in [-0.15, -0.1) is 11.8 Å². The minimum absolute atomic E-state index is 0.208. The largest absolute Gasteiger partial charge is 0.493 e. The number of ether oxygens (including phenoxy) is 2. The zero-order chi connectivity index (χ0) is 12.0. The minimum atomic E-state index is 0.208. The number of rotatable bonds is 6. The van der Waals surface area contributed by atoms with E-state index in [1.54, 1.807) is 26.0 Å². The number of para-hydroxylation sites is 1. The number of methoxy groups -OCH3 is 2. The van der Waals surface area contributed by atoms with E-state index in [1.165, 1.54) is 0 Å². The van der Waals surface area contributed by atoms with Crippen LogP contribution in [0.2, 0.25) is 0 Å². The van der Waals surface area contributed by atoms with Crippen LogP contribution in [0.3, 0.4) is 0 Å². The first kappa shape index (κ1) is 13.2. The van der Waals surface area contributed by atoms with Gasteiger partial charge in [0.1, 0.15) is 0 Å². The molecule has 0 radical (unpaired) electrons. The van der Waals surface area contributed by atoms with E-state index in [-0.39, 0.29) is 12.5 Å². The van der Waals surface area contributed by atoms with E-state index in [0.29, 0.717) is 0 Å². The maximum atomic E-state index is 8.97. The molecule has 0 amide bonds. The maximum Gasteiger partial charge on any atom is 0.174 e. The van der Waals surface area contributed by atoms with Gasteiger partial charge in [0.2, 0.25) is 0 Å². The minimum Gasteiger partial charge on any atom is -0.493 e. The van der Waals surface area contributed by atoms with Crippen LogP contribution >= 0.6 is 11.8 Å². The zero-order valence-electron chi connectivity index (χ0n) is 9.90. The zero-order valence-corrected chi connectivity index (χ0v) is 10.7. The molecule has 1 atom stereocenters. The highest BCUT2D eigenvalue weighted by atomic mass is 32.2. The van der Waals surface area contributed by atoms with Gasteiger partial charge in [0.05, 0.1) is 19.1 Å². The van der Waals surface area contributed by atoms with Crippen molar-refractivity contribution in [3.8, 4) is 11.5 Å². The maximum absolute atomic E-state index is 8.97. The van der Waals surface area contributed by atoms with Crippen molar-refractivity contribution in [2.45, 2.75) is 11.8 Å².